The molecule has 110 valence electrons. The van der Waals surface area contributed by atoms with Gasteiger partial charge in [-0.2, -0.15) is 0 Å². The maximum absolute atomic E-state index is 12.2. The second-order valence-electron chi connectivity index (χ2n) is 5.45. The van der Waals surface area contributed by atoms with E-state index >= 15 is 0 Å². The Hall–Kier alpha value is -1.36. The molecule has 1 saturated carbocycles. The third-order valence-electron chi connectivity index (χ3n) is 3.59. The van der Waals surface area contributed by atoms with E-state index in [0.29, 0.717) is 13.0 Å². The molecule has 4 nitrogen and oxygen atoms in total. The molecule has 5 heteroatoms. The summed E-state index contributed by atoms with van der Waals surface area (Å²) in [6.45, 7) is 2.01. The molecule has 1 aliphatic carbocycles. The van der Waals surface area contributed by atoms with Crippen LogP contribution in [0.2, 0.25) is 0 Å². The first kappa shape index (κ1) is 15.0. The van der Waals surface area contributed by atoms with Crippen LogP contribution in [-0.2, 0) is 16.0 Å². The van der Waals surface area contributed by atoms with E-state index in [9.17, 15) is 9.59 Å². The molecule has 0 aliphatic heterocycles. The Balaban J connectivity index is 1.79. The molecule has 1 N–H and O–H groups in total. The van der Waals surface area contributed by atoms with E-state index < -0.39 is 11.9 Å². The zero-order chi connectivity index (χ0) is 14.5. The summed E-state index contributed by atoms with van der Waals surface area (Å²) in [5, 5.41) is 11.0. The van der Waals surface area contributed by atoms with E-state index in [1.807, 2.05) is 11.4 Å². The van der Waals surface area contributed by atoms with Crippen molar-refractivity contribution >= 4 is 23.2 Å². The van der Waals surface area contributed by atoms with Crippen molar-refractivity contribution in [2.24, 2.45) is 5.92 Å². The van der Waals surface area contributed by atoms with Gasteiger partial charge in [0, 0.05) is 23.9 Å². The first-order valence-electron chi connectivity index (χ1n) is 7.12. The number of hydrogen-bond donors (Lipinski definition) is 1. The molecule has 20 heavy (non-hydrogen) atoms. The van der Waals surface area contributed by atoms with Crippen molar-refractivity contribution in [3.63, 3.8) is 0 Å². The van der Waals surface area contributed by atoms with Crippen LogP contribution in [0.4, 0.5) is 0 Å². The minimum Gasteiger partial charge on any atom is -0.481 e. The lowest BCUT2D eigenvalue weighted by atomic mass is 10.1. The first-order chi connectivity index (χ1) is 9.58. The fraction of sp³-hybridized carbons (Fsp3) is 0.600. The SMILES string of the molecule is CC(CN(C(=O)CCCc1cccs1)C1CC1)C(=O)O. The van der Waals surface area contributed by atoms with Crippen LogP contribution in [-0.4, -0.2) is 34.5 Å². The van der Waals surface area contributed by atoms with Gasteiger partial charge in [-0.3, -0.25) is 9.59 Å². The van der Waals surface area contributed by atoms with Crippen LogP contribution >= 0.6 is 11.3 Å². The monoisotopic (exact) mass is 295 g/mol. The molecule has 0 bridgehead atoms. The van der Waals surface area contributed by atoms with Gasteiger partial charge in [-0.25, -0.2) is 0 Å². The number of thiophene rings is 1. The Labute approximate surface area is 123 Å². The van der Waals surface area contributed by atoms with Gasteiger partial charge in [-0.1, -0.05) is 13.0 Å². The zero-order valence-electron chi connectivity index (χ0n) is 11.7. The lowest BCUT2D eigenvalue weighted by Crippen LogP contribution is -2.38. The Bertz CT molecular complexity index is 454. The van der Waals surface area contributed by atoms with Gasteiger partial charge >= 0.3 is 5.97 Å². The minimum atomic E-state index is -0.831. The normalized spacial score (nSPS) is 15.8. The number of hydrogen-bond acceptors (Lipinski definition) is 3. The molecule has 0 radical (unpaired) electrons. The smallest absolute Gasteiger partial charge is 0.308 e. The largest absolute Gasteiger partial charge is 0.481 e. The van der Waals surface area contributed by atoms with Crippen LogP contribution < -0.4 is 0 Å². The molecule has 1 aromatic rings. The van der Waals surface area contributed by atoms with Crippen LogP contribution in [0.1, 0.15) is 37.5 Å². The maximum Gasteiger partial charge on any atom is 0.308 e. The molecule has 1 unspecified atom stereocenters. The summed E-state index contributed by atoms with van der Waals surface area (Å²) in [5.41, 5.74) is 0. The molecule has 1 atom stereocenters. The van der Waals surface area contributed by atoms with E-state index in [4.69, 9.17) is 5.11 Å². The van der Waals surface area contributed by atoms with E-state index in [2.05, 4.69) is 6.07 Å². The lowest BCUT2D eigenvalue weighted by Gasteiger charge is -2.24. The van der Waals surface area contributed by atoms with E-state index in [1.54, 1.807) is 23.2 Å². The van der Waals surface area contributed by atoms with Gasteiger partial charge in [-0.05, 0) is 37.1 Å². The zero-order valence-corrected chi connectivity index (χ0v) is 12.6. The molecular formula is C15H21NO3S. The Morgan fingerprint density at radius 1 is 1.50 bits per heavy atom. The van der Waals surface area contributed by atoms with Crippen LogP contribution in [0, 0.1) is 5.92 Å². The fourth-order valence-electron chi connectivity index (χ4n) is 2.23. The third-order valence-corrected chi connectivity index (χ3v) is 4.53. The van der Waals surface area contributed by atoms with Gasteiger partial charge < -0.3 is 10.0 Å². The maximum atomic E-state index is 12.2. The van der Waals surface area contributed by atoms with Crippen LogP contribution in [0.5, 0.6) is 0 Å². The van der Waals surface area contributed by atoms with Gasteiger partial charge in [0.15, 0.2) is 0 Å². The van der Waals surface area contributed by atoms with E-state index in [-0.39, 0.29) is 11.9 Å². The van der Waals surface area contributed by atoms with Crippen molar-refractivity contribution in [1.82, 2.24) is 4.90 Å². The van der Waals surface area contributed by atoms with E-state index in [1.165, 1.54) is 4.88 Å². The van der Waals surface area contributed by atoms with Crippen molar-refractivity contribution in [2.45, 2.75) is 45.1 Å². The molecule has 1 aliphatic rings. The lowest BCUT2D eigenvalue weighted by molar-refractivity contribution is -0.143. The summed E-state index contributed by atoms with van der Waals surface area (Å²) < 4.78 is 0. The number of carboxylic acid groups (broad SMARTS) is 1. The van der Waals surface area contributed by atoms with Crippen LogP contribution in [0.3, 0.4) is 0 Å². The Kier molecular flexibility index (Phi) is 5.17. The van der Waals surface area contributed by atoms with Crippen molar-refractivity contribution in [3.8, 4) is 0 Å². The van der Waals surface area contributed by atoms with Crippen molar-refractivity contribution in [2.75, 3.05) is 6.54 Å². The molecule has 0 spiro atoms. The molecule has 1 heterocycles. The topological polar surface area (TPSA) is 57.6 Å². The minimum absolute atomic E-state index is 0.108. The fourth-order valence-corrected chi connectivity index (χ4v) is 2.98. The summed E-state index contributed by atoms with van der Waals surface area (Å²) in [6.07, 6.45) is 4.31. The van der Waals surface area contributed by atoms with Crippen molar-refractivity contribution in [1.29, 1.82) is 0 Å². The van der Waals surface area contributed by atoms with Crippen molar-refractivity contribution < 1.29 is 14.7 Å². The molecule has 0 aromatic carbocycles. The Morgan fingerprint density at radius 3 is 2.80 bits per heavy atom. The van der Waals surface area contributed by atoms with E-state index in [0.717, 1.165) is 25.7 Å². The highest BCUT2D eigenvalue weighted by Crippen LogP contribution is 2.28. The summed E-state index contributed by atoms with van der Waals surface area (Å²) in [6, 6.07) is 4.39. The predicted molar refractivity (Wildman–Crippen MR) is 78.8 cm³/mol. The van der Waals surface area contributed by atoms with Crippen LogP contribution in [0.15, 0.2) is 17.5 Å². The van der Waals surface area contributed by atoms with Crippen LogP contribution in [0.25, 0.3) is 0 Å². The molecule has 0 saturated heterocycles. The predicted octanol–water partition coefficient (Wildman–Crippen LogP) is 2.78. The quantitative estimate of drug-likeness (QED) is 0.802. The first-order valence-corrected chi connectivity index (χ1v) is 8.00. The molecule has 1 amide bonds. The number of amides is 1. The molecule has 2 rings (SSSR count). The second-order valence-corrected chi connectivity index (χ2v) is 6.48. The van der Waals surface area contributed by atoms with Gasteiger partial charge in [0.1, 0.15) is 0 Å². The van der Waals surface area contributed by atoms with Gasteiger partial charge in [0.05, 0.1) is 5.92 Å². The third kappa shape index (κ3) is 4.34. The highest BCUT2D eigenvalue weighted by atomic mass is 32.1. The summed E-state index contributed by atoms with van der Waals surface area (Å²) in [7, 11) is 0. The second kappa shape index (κ2) is 6.88. The summed E-state index contributed by atoms with van der Waals surface area (Å²) in [5.74, 6) is -1.21. The molecule has 1 aromatic heterocycles. The number of rotatable bonds is 8. The molecule has 1 fully saturated rings. The average Bonchev–Trinajstić information content (AvgIpc) is 3.12. The van der Waals surface area contributed by atoms with Crippen molar-refractivity contribution in [3.05, 3.63) is 22.4 Å². The summed E-state index contributed by atoms with van der Waals surface area (Å²) in [4.78, 5) is 26.3. The number of aliphatic carboxylic acids is 1. The standard InChI is InChI=1S/C15H21NO3S/c1-11(15(18)19)10-16(12-7-8-12)14(17)6-2-4-13-5-3-9-20-13/h3,5,9,11-12H,2,4,6-8,10H2,1H3,(H,18,19). The number of carbonyl (C=O) groups is 2. The van der Waals surface area contributed by atoms with Gasteiger partial charge in [-0.15, -0.1) is 11.3 Å². The highest BCUT2D eigenvalue weighted by Gasteiger charge is 2.33. The number of nitrogens with zero attached hydrogens (tertiary/aromatic N) is 1. The number of aryl methyl sites for hydroxylation is 1. The highest BCUT2D eigenvalue weighted by molar-refractivity contribution is 7.09. The average molecular weight is 295 g/mol. The van der Waals surface area contributed by atoms with Gasteiger partial charge in [0.2, 0.25) is 5.91 Å². The van der Waals surface area contributed by atoms with Gasteiger partial charge in [0.25, 0.3) is 0 Å². The number of carbonyl (C=O) groups excluding carboxylic acids is 1. The number of carboxylic acids is 1. The summed E-state index contributed by atoms with van der Waals surface area (Å²) >= 11 is 1.71. The Morgan fingerprint density at radius 2 is 2.25 bits per heavy atom. The molecular weight excluding hydrogens is 274 g/mol.